The van der Waals surface area contributed by atoms with Crippen LogP contribution in [0, 0.1) is 0 Å². The van der Waals surface area contributed by atoms with Gasteiger partial charge in [0.15, 0.2) is 0 Å². The minimum atomic E-state index is -5.08. The summed E-state index contributed by atoms with van der Waals surface area (Å²) < 4.78 is 55.7. The highest BCUT2D eigenvalue weighted by atomic mass is 32.2. The minimum absolute atomic E-state index is 0.824. The summed E-state index contributed by atoms with van der Waals surface area (Å²) in [4.78, 5) is 8.90. The van der Waals surface area contributed by atoms with E-state index in [0.29, 0.717) is 0 Å². The Morgan fingerprint density at radius 1 is 1.04 bits per heavy atom. The van der Waals surface area contributed by atoms with E-state index in [1.54, 1.807) is 0 Å². The predicted octanol–water partition coefficient (Wildman–Crippen LogP) is 1.91. The zero-order valence-electron chi connectivity index (χ0n) is 12.8. The second kappa shape index (κ2) is 13.6. The first-order valence-corrected chi connectivity index (χ1v) is 8.27. The second-order valence-electron chi connectivity index (χ2n) is 4.18. The van der Waals surface area contributed by atoms with Gasteiger partial charge in [0.2, 0.25) is 0 Å². The van der Waals surface area contributed by atoms with Gasteiger partial charge in [-0.3, -0.25) is 0 Å². The quantitative estimate of drug-likeness (QED) is 0.626. The number of alkyl halides is 3. The highest BCUT2D eigenvalue weighted by Crippen LogP contribution is 2.13. The number of hydrogen-bond acceptors (Lipinski definition) is 6. The topological polar surface area (TPSA) is 148 Å². The maximum Gasteiger partial charge on any atom is 0.490 e. The predicted molar refractivity (Wildman–Crippen MR) is 82.3 cm³/mol. The first-order valence-electron chi connectivity index (χ1n) is 6.77. The number of aliphatic carboxylic acids is 1. The number of hydrogen-bond donors (Lipinski definition) is 3. The smallest absolute Gasteiger partial charge is 0.475 e. The zero-order chi connectivity index (χ0) is 19.1. The molecule has 0 saturated heterocycles. The molecule has 1 rings (SSSR count). The number of halogens is 3. The van der Waals surface area contributed by atoms with E-state index in [-0.39, 0.29) is 0 Å². The van der Waals surface area contributed by atoms with Crippen LogP contribution in [0.5, 0.6) is 0 Å². The fourth-order valence-electron chi connectivity index (χ4n) is 0.995. The van der Waals surface area contributed by atoms with Gasteiger partial charge < -0.3 is 16.6 Å². The summed E-state index contributed by atoms with van der Waals surface area (Å²) in [7, 11) is -3.40. The molecule has 0 aromatic carbocycles. The molecule has 0 aromatic rings. The molecule has 140 valence electrons. The average molecular weight is 374 g/mol. The van der Waals surface area contributed by atoms with E-state index < -0.39 is 22.2 Å². The van der Waals surface area contributed by atoms with Crippen LogP contribution in [-0.2, 0) is 14.8 Å². The minimum Gasteiger partial charge on any atom is -0.475 e. The summed E-state index contributed by atoms with van der Waals surface area (Å²) in [6.07, 6.45) is 3.88. The summed E-state index contributed by atoms with van der Waals surface area (Å²) in [5.41, 5.74) is 10.6. The molecule has 1 aliphatic rings. The maximum atomic E-state index is 10.6. The molecule has 1 aliphatic heterocycles. The Hall–Kier alpha value is -1.79. The van der Waals surface area contributed by atoms with Crippen molar-refractivity contribution in [2.45, 2.75) is 31.9 Å². The fourth-order valence-corrected chi connectivity index (χ4v) is 1.52. The van der Waals surface area contributed by atoms with Gasteiger partial charge in [0, 0.05) is 0 Å². The van der Waals surface area contributed by atoms with E-state index >= 15 is 0 Å². The lowest BCUT2D eigenvalue weighted by atomic mass is 10.2. The van der Waals surface area contributed by atoms with Gasteiger partial charge in [-0.1, -0.05) is 17.4 Å². The molecule has 0 atom stereocenters. The number of nitrogens with two attached hydrogens (primary N) is 2. The van der Waals surface area contributed by atoms with Crippen molar-refractivity contribution in [3.05, 3.63) is 23.8 Å². The number of carbonyl (C=O) groups is 1. The van der Waals surface area contributed by atoms with E-state index in [9.17, 15) is 21.6 Å². The van der Waals surface area contributed by atoms with Gasteiger partial charge >= 0.3 is 12.1 Å². The summed E-state index contributed by atoms with van der Waals surface area (Å²) >= 11 is 0. The molecule has 0 radical (unpaired) electrons. The molecule has 0 fully saturated rings. The van der Waals surface area contributed by atoms with Crippen molar-refractivity contribution >= 4 is 16.0 Å². The Morgan fingerprint density at radius 3 is 1.88 bits per heavy atom. The molecule has 0 unspecified atom stereocenters. The monoisotopic (exact) mass is 374 g/mol. The number of sulfonamides is 1. The molecule has 0 aromatic heterocycles. The Balaban J connectivity index is 0. The van der Waals surface area contributed by atoms with Crippen LogP contribution in [0.1, 0.15) is 25.7 Å². The van der Waals surface area contributed by atoms with Gasteiger partial charge in [0.1, 0.15) is 0 Å². The molecule has 0 bridgehead atoms. The number of rotatable bonds is 5. The van der Waals surface area contributed by atoms with Gasteiger partial charge in [-0.2, -0.15) is 21.6 Å². The Bertz CT molecular complexity index is 503. The lowest BCUT2D eigenvalue weighted by molar-refractivity contribution is -0.192. The molecule has 0 amide bonds. The van der Waals surface area contributed by atoms with E-state index in [2.05, 4.69) is 9.63 Å². The summed E-state index contributed by atoms with van der Waals surface area (Å²) in [6.45, 7) is 1.65. The van der Waals surface area contributed by atoms with Crippen molar-refractivity contribution in [2.75, 3.05) is 13.1 Å². The molecule has 12 heteroatoms. The SMILES string of the molecule is NCCCCCCN.O=C(O)C(F)(F)F.O=S1(=O)C=CC=CN=N1. The lowest BCUT2D eigenvalue weighted by Gasteiger charge is -1.94. The van der Waals surface area contributed by atoms with Crippen molar-refractivity contribution in [1.82, 2.24) is 0 Å². The van der Waals surface area contributed by atoms with Crippen molar-refractivity contribution in [1.29, 1.82) is 0 Å². The van der Waals surface area contributed by atoms with Crippen LogP contribution in [0.15, 0.2) is 33.4 Å². The average Bonchev–Trinajstić information content (AvgIpc) is 2.67. The van der Waals surface area contributed by atoms with E-state index in [0.717, 1.165) is 31.3 Å². The van der Waals surface area contributed by atoms with E-state index in [1.165, 1.54) is 31.2 Å². The maximum absolute atomic E-state index is 10.6. The number of unbranched alkanes of at least 4 members (excludes halogenated alkanes) is 3. The summed E-state index contributed by atoms with van der Waals surface area (Å²) in [5.74, 6) is -2.76. The van der Waals surface area contributed by atoms with Crippen LogP contribution in [0.3, 0.4) is 0 Å². The number of nitrogens with zero attached hydrogens (tertiary/aromatic N) is 2. The Kier molecular flexibility index (Phi) is 13.9. The van der Waals surface area contributed by atoms with Crippen LogP contribution < -0.4 is 11.5 Å². The van der Waals surface area contributed by atoms with Gasteiger partial charge in [-0.05, 0) is 38.1 Å². The molecule has 24 heavy (non-hydrogen) atoms. The van der Waals surface area contributed by atoms with Crippen molar-refractivity contribution in [2.24, 2.45) is 21.1 Å². The lowest BCUT2D eigenvalue weighted by Crippen LogP contribution is -2.21. The first kappa shape index (κ1) is 24.5. The zero-order valence-corrected chi connectivity index (χ0v) is 13.6. The van der Waals surface area contributed by atoms with Crippen molar-refractivity contribution in [3.63, 3.8) is 0 Å². The molecule has 0 saturated carbocycles. The molecular formula is C12H21F3N4O4S. The molecular weight excluding hydrogens is 353 g/mol. The standard InChI is InChI=1S/C6H16N2.C4H4N2O2S.C2HF3O2/c7-5-3-1-2-4-6-8;7-9(8)4-2-1-3-5-6-9;3-2(4,5)1(6)7/h1-8H2;1-4H;(H,6,7). The Morgan fingerprint density at radius 2 is 1.50 bits per heavy atom. The number of carboxylic acid groups (broad SMARTS) is 1. The third-order valence-corrected chi connectivity index (χ3v) is 2.90. The highest BCUT2D eigenvalue weighted by Gasteiger charge is 2.38. The van der Waals surface area contributed by atoms with Crippen molar-refractivity contribution in [3.8, 4) is 0 Å². The molecule has 0 spiro atoms. The summed E-state index contributed by atoms with van der Waals surface area (Å²) in [6, 6.07) is 0. The van der Waals surface area contributed by atoms with Crippen LogP contribution in [0.25, 0.3) is 0 Å². The third-order valence-electron chi connectivity index (χ3n) is 2.08. The number of carboxylic acids is 1. The molecule has 5 N–H and O–H groups in total. The van der Waals surface area contributed by atoms with Gasteiger partial charge in [0.25, 0.3) is 10.0 Å². The normalized spacial score (nSPS) is 14.7. The fraction of sp³-hybridized carbons (Fsp3) is 0.583. The molecule has 8 nitrogen and oxygen atoms in total. The van der Waals surface area contributed by atoms with Crippen LogP contribution in [-0.4, -0.2) is 38.8 Å². The molecule has 1 heterocycles. The van der Waals surface area contributed by atoms with Gasteiger partial charge in [-0.25, -0.2) is 4.79 Å². The van der Waals surface area contributed by atoms with Gasteiger partial charge in [-0.15, -0.1) is 5.11 Å². The molecule has 0 aliphatic carbocycles. The van der Waals surface area contributed by atoms with Crippen molar-refractivity contribution < 1.29 is 31.5 Å². The van der Waals surface area contributed by atoms with E-state index in [4.69, 9.17) is 21.4 Å². The highest BCUT2D eigenvalue weighted by molar-refractivity contribution is 7.92. The Labute approximate surface area is 138 Å². The van der Waals surface area contributed by atoms with Gasteiger partial charge in [0.05, 0.1) is 11.6 Å². The summed E-state index contributed by atoms with van der Waals surface area (Å²) in [5, 5.41) is 11.3. The van der Waals surface area contributed by atoms with E-state index in [1.807, 2.05) is 0 Å². The number of allylic oxidation sites excluding steroid dienone is 2. The third kappa shape index (κ3) is 18.3. The largest absolute Gasteiger partial charge is 0.490 e. The first-order chi connectivity index (χ1) is 11.1. The van der Waals surface area contributed by atoms with Crippen LogP contribution in [0.2, 0.25) is 0 Å². The van der Waals surface area contributed by atoms with Crippen LogP contribution in [0.4, 0.5) is 13.2 Å². The van der Waals surface area contributed by atoms with Crippen LogP contribution >= 0.6 is 0 Å². The second-order valence-corrected chi connectivity index (χ2v) is 5.64.